The van der Waals surface area contributed by atoms with Gasteiger partial charge < -0.3 is 9.47 Å². The molecule has 5 heteroatoms. The summed E-state index contributed by atoms with van der Waals surface area (Å²) in [5.41, 5.74) is 2.71. The lowest BCUT2D eigenvalue weighted by atomic mass is 10.0. The Bertz CT molecular complexity index is 1300. The Morgan fingerprint density at radius 2 is 1.43 bits per heavy atom. The summed E-state index contributed by atoms with van der Waals surface area (Å²) >= 11 is 0. The summed E-state index contributed by atoms with van der Waals surface area (Å²) < 4.78 is 25.3. The van der Waals surface area contributed by atoms with Gasteiger partial charge in [0.05, 0.1) is 23.3 Å². The number of ether oxygens (including phenoxy) is 2. The van der Waals surface area contributed by atoms with E-state index >= 15 is 0 Å². The van der Waals surface area contributed by atoms with E-state index in [1.54, 1.807) is 24.3 Å². The van der Waals surface area contributed by atoms with Gasteiger partial charge in [-0.05, 0) is 65.9 Å². The molecule has 0 aromatic heterocycles. The van der Waals surface area contributed by atoms with Crippen LogP contribution in [-0.4, -0.2) is 18.5 Å². The summed E-state index contributed by atoms with van der Waals surface area (Å²) in [5.74, 6) is 5.07. The molecular formula is C35H39FO4. The first-order valence-electron chi connectivity index (χ1n) is 14.3. The topological polar surface area (TPSA) is 52.6 Å². The lowest BCUT2D eigenvalue weighted by molar-refractivity contribution is 0.0447. The molecular weight excluding hydrogens is 503 g/mol. The van der Waals surface area contributed by atoms with Crippen LogP contribution in [0.2, 0.25) is 0 Å². The summed E-state index contributed by atoms with van der Waals surface area (Å²) in [6.45, 7) is 6.70. The number of benzene rings is 3. The van der Waals surface area contributed by atoms with E-state index in [2.05, 4.69) is 25.7 Å². The van der Waals surface area contributed by atoms with E-state index in [0.717, 1.165) is 36.8 Å². The van der Waals surface area contributed by atoms with Crippen molar-refractivity contribution in [3.63, 3.8) is 0 Å². The molecule has 0 aliphatic rings. The fourth-order valence-corrected chi connectivity index (χ4v) is 3.99. The van der Waals surface area contributed by atoms with Crippen LogP contribution in [0.15, 0.2) is 66.7 Å². The van der Waals surface area contributed by atoms with Crippen molar-refractivity contribution in [1.29, 1.82) is 0 Å². The third kappa shape index (κ3) is 9.68. The van der Waals surface area contributed by atoms with Crippen molar-refractivity contribution in [1.82, 2.24) is 0 Å². The van der Waals surface area contributed by atoms with Gasteiger partial charge in [-0.15, -0.1) is 0 Å². The normalized spacial score (nSPS) is 11.3. The molecule has 0 saturated heterocycles. The van der Waals surface area contributed by atoms with Crippen LogP contribution in [0.25, 0.3) is 11.1 Å². The second-order valence-electron chi connectivity index (χ2n) is 10.1. The number of carbonyl (C=O) groups is 2. The minimum Gasteiger partial charge on any atom is -0.462 e. The van der Waals surface area contributed by atoms with Gasteiger partial charge in [0.25, 0.3) is 0 Å². The monoisotopic (exact) mass is 542 g/mol. The second kappa shape index (κ2) is 16.3. The zero-order valence-corrected chi connectivity index (χ0v) is 23.8. The molecule has 0 radical (unpaired) electrons. The van der Waals surface area contributed by atoms with Crippen LogP contribution >= 0.6 is 0 Å². The molecule has 4 nitrogen and oxygen atoms in total. The molecule has 0 heterocycles. The van der Waals surface area contributed by atoms with E-state index < -0.39 is 11.8 Å². The van der Waals surface area contributed by atoms with Crippen molar-refractivity contribution < 1.29 is 23.5 Å². The number of rotatable bonds is 13. The van der Waals surface area contributed by atoms with Crippen LogP contribution in [0.4, 0.5) is 4.39 Å². The largest absolute Gasteiger partial charge is 0.462 e. The van der Waals surface area contributed by atoms with E-state index in [1.807, 2.05) is 31.2 Å². The van der Waals surface area contributed by atoms with Crippen molar-refractivity contribution in [2.45, 2.75) is 72.1 Å². The summed E-state index contributed by atoms with van der Waals surface area (Å²) in [6, 6.07) is 18.4. The molecule has 0 saturated carbocycles. The Balaban J connectivity index is 1.52. The Morgan fingerprint density at radius 1 is 0.800 bits per heavy atom. The zero-order chi connectivity index (χ0) is 28.7. The smallest absolute Gasteiger partial charge is 0.343 e. The number of hydrogen-bond donors (Lipinski definition) is 0. The van der Waals surface area contributed by atoms with Crippen molar-refractivity contribution in [2.24, 2.45) is 5.92 Å². The molecule has 0 N–H and O–H groups in total. The fraction of sp³-hybridized carbons (Fsp3) is 0.371. The molecule has 0 bridgehead atoms. The maximum Gasteiger partial charge on any atom is 0.343 e. The van der Waals surface area contributed by atoms with E-state index in [4.69, 9.17) is 9.47 Å². The Kier molecular flexibility index (Phi) is 12.4. The first-order chi connectivity index (χ1) is 19.4. The minimum atomic E-state index is -0.640. The van der Waals surface area contributed by atoms with Crippen LogP contribution in [0.1, 0.15) is 98.4 Å². The van der Waals surface area contributed by atoms with Crippen molar-refractivity contribution >= 4 is 11.9 Å². The van der Waals surface area contributed by atoms with Gasteiger partial charge in [-0.1, -0.05) is 95.4 Å². The van der Waals surface area contributed by atoms with Gasteiger partial charge in [0, 0.05) is 6.42 Å². The molecule has 0 aliphatic heterocycles. The SMILES string of the molecule is CCCCCCCCC#Cc1ccc(C(=O)Oc2ccc(-c3ccc(C(=O)OCC(C)CC)cc3)cc2)cc1F. The maximum absolute atomic E-state index is 14.5. The molecule has 0 fully saturated rings. The van der Waals surface area contributed by atoms with Crippen LogP contribution in [-0.2, 0) is 4.74 Å². The first-order valence-corrected chi connectivity index (χ1v) is 14.3. The molecule has 0 amide bonds. The minimum absolute atomic E-state index is 0.124. The predicted octanol–water partition coefficient (Wildman–Crippen LogP) is 9.02. The number of carbonyl (C=O) groups excluding carboxylic acids is 2. The quantitative estimate of drug-likeness (QED) is 0.0936. The first kappa shape index (κ1) is 30.6. The van der Waals surface area contributed by atoms with Crippen LogP contribution < -0.4 is 4.74 Å². The standard InChI is InChI=1S/C35H39FO4/c1-4-6-7-8-9-10-11-12-13-29-16-19-31(24-33(29)36)35(38)40-32-22-20-28(21-23-32)27-14-17-30(18-15-27)34(37)39-25-26(3)5-2/h14-24,26H,4-11,25H2,1-3H3. The predicted molar refractivity (Wildman–Crippen MR) is 158 cm³/mol. The number of esters is 2. The summed E-state index contributed by atoms with van der Waals surface area (Å²) in [5, 5.41) is 0. The highest BCUT2D eigenvalue weighted by molar-refractivity contribution is 5.91. The molecule has 210 valence electrons. The Hall–Kier alpha value is -3.91. The van der Waals surface area contributed by atoms with Crippen molar-refractivity contribution in [2.75, 3.05) is 6.61 Å². The summed E-state index contributed by atoms with van der Waals surface area (Å²) in [4.78, 5) is 24.8. The van der Waals surface area contributed by atoms with E-state index in [1.165, 1.54) is 43.9 Å². The fourth-order valence-electron chi connectivity index (χ4n) is 3.99. The average Bonchev–Trinajstić information content (AvgIpc) is 2.98. The lowest BCUT2D eigenvalue weighted by Gasteiger charge is -2.10. The third-order valence-electron chi connectivity index (χ3n) is 6.80. The lowest BCUT2D eigenvalue weighted by Crippen LogP contribution is -2.11. The maximum atomic E-state index is 14.5. The van der Waals surface area contributed by atoms with Crippen LogP contribution in [0.5, 0.6) is 5.75 Å². The molecule has 0 spiro atoms. The molecule has 0 aliphatic carbocycles. The van der Waals surface area contributed by atoms with E-state index in [9.17, 15) is 14.0 Å². The van der Waals surface area contributed by atoms with E-state index in [-0.39, 0.29) is 17.1 Å². The van der Waals surface area contributed by atoms with Gasteiger partial charge >= 0.3 is 11.9 Å². The Labute approximate surface area is 237 Å². The van der Waals surface area contributed by atoms with Crippen molar-refractivity contribution in [3.8, 4) is 28.7 Å². The molecule has 3 rings (SSSR count). The zero-order valence-electron chi connectivity index (χ0n) is 23.8. The molecule has 3 aromatic rings. The summed E-state index contributed by atoms with van der Waals surface area (Å²) in [7, 11) is 0. The van der Waals surface area contributed by atoms with E-state index in [0.29, 0.717) is 23.8 Å². The number of unbranched alkanes of at least 4 members (excludes halogenated alkanes) is 6. The van der Waals surface area contributed by atoms with Gasteiger partial charge in [0.1, 0.15) is 11.6 Å². The van der Waals surface area contributed by atoms with Crippen molar-refractivity contribution in [3.05, 3.63) is 89.2 Å². The van der Waals surface area contributed by atoms with Gasteiger partial charge in [0.2, 0.25) is 0 Å². The summed E-state index contributed by atoms with van der Waals surface area (Å²) in [6.07, 6.45) is 8.81. The van der Waals surface area contributed by atoms with Gasteiger partial charge in [-0.3, -0.25) is 0 Å². The number of hydrogen-bond acceptors (Lipinski definition) is 4. The molecule has 1 atom stereocenters. The number of halogens is 1. The Morgan fingerprint density at radius 3 is 2.08 bits per heavy atom. The highest BCUT2D eigenvalue weighted by Gasteiger charge is 2.13. The average molecular weight is 543 g/mol. The third-order valence-corrected chi connectivity index (χ3v) is 6.80. The van der Waals surface area contributed by atoms with Crippen LogP contribution in [0.3, 0.4) is 0 Å². The van der Waals surface area contributed by atoms with Crippen LogP contribution in [0, 0.1) is 23.6 Å². The van der Waals surface area contributed by atoms with Gasteiger partial charge in [-0.2, -0.15) is 0 Å². The molecule has 1 unspecified atom stereocenters. The highest BCUT2D eigenvalue weighted by Crippen LogP contribution is 2.24. The second-order valence-corrected chi connectivity index (χ2v) is 10.1. The van der Waals surface area contributed by atoms with Gasteiger partial charge in [-0.25, -0.2) is 14.0 Å². The van der Waals surface area contributed by atoms with Gasteiger partial charge in [0.15, 0.2) is 0 Å². The molecule has 40 heavy (non-hydrogen) atoms. The molecule has 3 aromatic carbocycles. The highest BCUT2D eigenvalue weighted by atomic mass is 19.1.